The fourth-order valence-corrected chi connectivity index (χ4v) is 5.89. The summed E-state index contributed by atoms with van der Waals surface area (Å²) in [7, 11) is -3.11. The molecule has 0 spiro atoms. The van der Waals surface area contributed by atoms with Crippen molar-refractivity contribution in [3.8, 4) is 0 Å². The van der Waals surface area contributed by atoms with Gasteiger partial charge in [-0.3, -0.25) is 0 Å². The van der Waals surface area contributed by atoms with Gasteiger partial charge in [-0.1, -0.05) is 78.4 Å². The van der Waals surface area contributed by atoms with Crippen molar-refractivity contribution in [3.05, 3.63) is 150 Å². The smallest absolute Gasteiger partial charge is 0.439 e. The summed E-state index contributed by atoms with van der Waals surface area (Å²) in [4.78, 5) is 0.247. The zero-order chi connectivity index (χ0) is 28.9. The van der Waals surface area contributed by atoms with E-state index in [0.717, 1.165) is 23.8 Å². The number of ether oxygens (including phenoxy) is 1. The van der Waals surface area contributed by atoms with Gasteiger partial charge in [0, 0.05) is 27.5 Å². The summed E-state index contributed by atoms with van der Waals surface area (Å²) >= 11 is 0. The van der Waals surface area contributed by atoms with Crippen LogP contribution in [0, 0.1) is 20.4 Å². The van der Waals surface area contributed by atoms with E-state index in [-0.39, 0.29) is 38.8 Å². The number of nitrogens with zero attached hydrogens (tertiary/aromatic N) is 2. The zero-order valence-corrected chi connectivity index (χ0v) is 25.3. The van der Waals surface area contributed by atoms with Crippen LogP contribution in [0.4, 0.5) is 13.2 Å². The maximum Gasteiger partial charge on any atom is 0.439 e. The van der Waals surface area contributed by atoms with Crippen molar-refractivity contribution >= 4 is 10.0 Å². The van der Waals surface area contributed by atoms with E-state index >= 15 is 0 Å². The van der Waals surface area contributed by atoms with Crippen molar-refractivity contribution in [2.75, 3.05) is 7.11 Å². The Morgan fingerprint density at radius 2 is 1.50 bits per heavy atom. The van der Waals surface area contributed by atoms with Gasteiger partial charge in [0.15, 0.2) is 10.0 Å². The number of sulfonamides is 1. The van der Waals surface area contributed by atoms with E-state index in [4.69, 9.17) is 10.4 Å². The molecule has 2 aliphatic rings. The van der Waals surface area contributed by atoms with Gasteiger partial charge in [-0.15, -0.1) is 11.9 Å². The molecule has 0 amide bonds. The van der Waals surface area contributed by atoms with Crippen molar-refractivity contribution < 1.29 is 51.9 Å². The molecule has 1 saturated heterocycles. The monoisotopic (exact) mass is 689 g/mol. The first-order valence-corrected chi connectivity index (χ1v) is 13.7. The van der Waals surface area contributed by atoms with E-state index < -0.39 is 28.5 Å². The summed E-state index contributed by atoms with van der Waals surface area (Å²) in [6, 6.07) is 25.7. The second kappa shape index (κ2) is 14.8. The van der Waals surface area contributed by atoms with Crippen LogP contribution in [0.3, 0.4) is 0 Å². The molecular weight excluding hydrogens is 660 g/mol. The first kappa shape index (κ1) is 35.0. The van der Waals surface area contributed by atoms with Gasteiger partial charge >= 0.3 is 6.18 Å². The Labute approximate surface area is 258 Å². The summed E-state index contributed by atoms with van der Waals surface area (Å²) < 4.78 is 66.3. The molecule has 228 valence electrons. The van der Waals surface area contributed by atoms with Gasteiger partial charge in [-0.05, 0) is 42.3 Å². The van der Waals surface area contributed by atoms with E-state index in [9.17, 15) is 21.6 Å². The van der Waals surface area contributed by atoms with Gasteiger partial charge in [0.1, 0.15) is 0 Å². The fraction of sp³-hybridized carbons (Fsp3) is 0.194. The molecule has 0 bridgehead atoms. The number of aliphatic hydroxyl groups is 1. The van der Waals surface area contributed by atoms with Gasteiger partial charge in [-0.25, -0.2) is 8.42 Å². The Hall–Kier alpha value is -3.20. The number of rotatable bonds is 5. The van der Waals surface area contributed by atoms with Crippen molar-refractivity contribution in [2.24, 2.45) is 0 Å². The fourth-order valence-electron chi connectivity index (χ4n) is 4.27. The number of halogens is 3. The van der Waals surface area contributed by atoms with Crippen LogP contribution < -0.4 is 0 Å². The van der Waals surface area contributed by atoms with Gasteiger partial charge in [0.05, 0.1) is 4.90 Å². The third-order valence-electron chi connectivity index (χ3n) is 6.22. The molecule has 5 rings (SSSR count). The molecule has 6 nitrogen and oxygen atoms in total. The number of aryl methyl sites for hydroxylation is 1. The van der Waals surface area contributed by atoms with Crippen LogP contribution in [0.5, 0.6) is 0 Å². The summed E-state index contributed by atoms with van der Waals surface area (Å²) in [5, 5.41) is 12.8. The van der Waals surface area contributed by atoms with Crippen LogP contribution in [0.1, 0.15) is 28.8 Å². The quantitative estimate of drug-likeness (QED) is 0.179. The molecule has 1 aliphatic heterocycles. The summed E-state index contributed by atoms with van der Waals surface area (Å²) in [6.45, 7) is 1.94. The molecule has 42 heavy (non-hydrogen) atoms. The number of alkyl halides is 3. The van der Waals surface area contributed by atoms with E-state index in [1.807, 2.05) is 91.9 Å². The SMILES string of the molecule is COC(O)C(F)(F)F.Cc1ccc(S(=O)(=O)N2/C(=C3/[C-]=CC=C3)[N-][C@H](c3ccccc3)[C@H]2c2ccccc2)cc1.[CH3-].[Pd]. The Bertz CT molecular complexity index is 1480. The van der Waals surface area contributed by atoms with Gasteiger partial charge in [0.2, 0.25) is 0 Å². The average Bonchev–Trinajstić information content (AvgIpc) is 3.62. The number of aliphatic hydroxyl groups excluding tert-OH is 1. The summed E-state index contributed by atoms with van der Waals surface area (Å²) in [5.41, 5.74) is 3.53. The minimum atomic E-state index is -4.66. The van der Waals surface area contributed by atoms with Crippen LogP contribution in [0.25, 0.3) is 5.32 Å². The van der Waals surface area contributed by atoms with Crippen LogP contribution in [0.15, 0.2) is 119 Å². The molecular formula is C31H30F3N2O4PdS-3. The van der Waals surface area contributed by atoms with Gasteiger partial charge < -0.3 is 26.9 Å². The van der Waals surface area contributed by atoms with Crippen molar-refractivity contribution in [2.45, 2.75) is 36.4 Å². The Kier molecular flexibility index (Phi) is 12.3. The third-order valence-corrected chi connectivity index (χ3v) is 8.01. The standard InChI is InChI=1S/C27H22N2O2S.C3H5F3O2.CH3.Pd/c1-20-16-18-24(19-17-20)32(30,31)29-26(22-12-6-3-7-13-22)25(21-10-4-2-5-11-21)28-27(29)23-14-8-9-15-23;1-8-2(7)3(4,5)6;;/h2-14,16-19,25-26H,1H3;2,7H,1H3;1H3;/q-2;;-1;/b27-23+;;;/t25-,26-;;;/m1.../s1. The molecule has 3 aromatic carbocycles. The van der Waals surface area contributed by atoms with Gasteiger partial charge in [-0.2, -0.15) is 37.0 Å². The van der Waals surface area contributed by atoms with E-state index in [1.54, 1.807) is 18.2 Å². The second-order valence-corrected chi connectivity index (χ2v) is 10.8. The Morgan fingerprint density at radius 1 is 0.952 bits per heavy atom. The summed E-state index contributed by atoms with van der Waals surface area (Å²) in [6.07, 6.45) is 1.32. The maximum atomic E-state index is 14.0. The molecule has 0 saturated carbocycles. The van der Waals surface area contributed by atoms with Crippen molar-refractivity contribution in [1.29, 1.82) is 0 Å². The molecule has 3 aromatic rings. The number of methoxy groups -OCH3 is 1. The molecule has 0 aromatic heterocycles. The maximum absolute atomic E-state index is 14.0. The third kappa shape index (κ3) is 7.79. The van der Waals surface area contributed by atoms with Crippen LogP contribution in [-0.2, 0) is 35.2 Å². The minimum absolute atomic E-state index is 0. The zero-order valence-electron chi connectivity index (χ0n) is 23.0. The molecule has 1 unspecified atom stereocenters. The van der Waals surface area contributed by atoms with Crippen LogP contribution in [-0.4, -0.2) is 37.4 Å². The topological polar surface area (TPSA) is 80.9 Å². The largest absolute Gasteiger partial charge is 0.503 e. The average molecular weight is 690 g/mol. The predicted molar refractivity (Wildman–Crippen MR) is 151 cm³/mol. The second-order valence-electron chi connectivity index (χ2n) is 8.99. The molecule has 1 heterocycles. The van der Waals surface area contributed by atoms with E-state index in [2.05, 4.69) is 10.8 Å². The first-order valence-electron chi connectivity index (χ1n) is 12.2. The van der Waals surface area contributed by atoms with Gasteiger partial charge in [0.25, 0.3) is 6.29 Å². The molecule has 1 fully saturated rings. The molecule has 3 atom stereocenters. The van der Waals surface area contributed by atoms with E-state index in [1.165, 1.54) is 4.31 Å². The molecule has 1 N–H and O–H groups in total. The van der Waals surface area contributed by atoms with Crippen molar-refractivity contribution in [1.82, 2.24) is 4.31 Å². The number of allylic oxidation sites excluding steroid dienone is 5. The molecule has 0 radical (unpaired) electrons. The van der Waals surface area contributed by atoms with Crippen LogP contribution in [0.2, 0.25) is 0 Å². The predicted octanol–water partition coefficient (Wildman–Crippen LogP) is 6.96. The minimum Gasteiger partial charge on any atom is -0.503 e. The number of benzene rings is 3. The van der Waals surface area contributed by atoms with Crippen molar-refractivity contribution in [3.63, 3.8) is 0 Å². The Balaban J connectivity index is 0.000000546. The normalized spacial score (nSPS) is 20.1. The Morgan fingerprint density at radius 3 is 1.95 bits per heavy atom. The van der Waals surface area contributed by atoms with Crippen LogP contribution >= 0.6 is 0 Å². The number of hydrogen-bond donors (Lipinski definition) is 1. The molecule has 1 aliphatic carbocycles. The summed E-state index contributed by atoms with van der Waals surface area (Å²) in [5.74, 6) is 0.415. The number of hydrogen-bond acceptors (Lipinski definition) is 4. The first-order chi connectivity index (χ1) is 19.0. The van der Waals surface area contributed by atoms with E-state index in [0.29, 0.717) is 11.4 Å². The molecule has 11 heteroatoms.